The maximum atomic E-state index is 12.5. The second-order valence-corrected chi connectivity index (χ2v) is 7.12. The van der Waals surface area contributed by atoms with E-state index in [1.807, 2.05) is 0 Å². The topological polar surface area (TPSA) is 75.2 Å². The van der Waals surface area contributed by atoms with Crippen molar-refractivity contribution >= 4 is 28.3 Å². The van der Waals surface area contributed by atoms with Crippen LogP contribution in [0.25, 0.3) is 0 Å². The predicted octanol–water partition coefficient (Wildman–Crippen LogP) is 2.68. The molecule has 1 aliphatic heterocycles. The molecule has 1 atom stereocenters. The third-order valence-electron chi connectivity index (χ3n) is 4.44. The minimum atomic E-state index is -4.58. The molecule has 3 rings (SSSR count). The molecule has 0 unspecified atom stereocenters. The molecule has 1 N–H and O–H groups in total. The Balaban J connectivity index is 1.59. The van der Waals surface area contributed by atoms with E-state index >= 15 is 0 Å². The Morgan fingerprint density at radius 2 is 1.92 bits per heavy atom. The Kier molecular flexibility index (Phi) is 4.75. The number of carbonyl (C=O) groups is 2. The van der Waals surface area contributed by atoms with E-state index in [-0.39, 0.29) is 34.8 Å². The van der Waals surface area contributed by atoms with Gasteiger partial charge in [-0.05, 0) is 12.8 Å². The smallest absolute Gasteiger partial charge is 0.339 e. The molecule has 1 aromatic heterocycles. The second-order valence-electron chi connectivity index (χ2n) is 6.14. The van der Waals surface area contributed by atoms with Gasteiger partial charge in [-0.25, -0.2) is 0 Å². The fourth-order valence-corrected chi connectivity index (χ4v) is 3.86. The number of alkyl halides is 3. The number of rotatable bonds is 3. The zero-order valence-corrected chi connectivity index (χ0v) is 13.6. The summed E-state index contributed by atoms with van der Waals surface area (Å²) in [6.07, 6.45) is 0.736. The minimum Gasteiger partial charge on any atom is -0.339 e. The van der Waals surface area contributed by atoms with Crippen LogP contribution < -0.4 is 5.32 Å². The summed E-state index contributed by atoms with van der Waals surface area (Å²) >= 11 is 0.279. The number of nitrogens with one attached hydrogen (secondary N) is 1. The first-order valence-electron chi connectivity index (χ1n) is 7.85. The van der Waals surface area contributed by atoms with Crippen LogP contribution in [-0.4, -0.2) is 39.5 Å². The average molecular weight is 362 g/mol. The number of carbonyl (C=O) groups excluding carboxylic acids is 2. The van der Waals surface area contributed by atoms with Crippen molar-refractivity contribution in [3.05, 3.63) is 5.01 Å². The number of hydrogen-bond acceptors (Lipinski definition) is 5. The van der Waals surface area contributed by atoms with E-state index in [0.29, 0.717) is 6.54 Å². The number of nitrogens with zero attached hydrogens (tertiary/aromatic N) is 3. The van der Waals surface area contributed by atoms with Gasteiger partial charge < -0.3 is 10.2 Å². The van der Waals surface area contributed by atoms with Crippen LogP contribution in [0.4, 0.5) is 18.3 Å². The average Bonchev–Trinajstić information content (AvgIpc) is 3.14. The molecule has 24 heavy (non-hydrogen) atoms. The zero-order valence-electron chi connectivity index (χ0n) is 12.8. The highest BCUT2D eigenvalue weighted by Gasteiger charge is 2.39. The normalized spacial score (nSPS) is 22.9. The Bertz CT molecular complexity index is 628. The molecule has 10 heteroatoms. The van der Waals surface area contributed by atoms with Crippen molar-refractivity contribution in [2.75, 3.05) is 11.9 Å². The van der Waals surface area contributed by atoms with Gasteiger partial charge in [-0.3, -0.25) is 9.59 Å². The van der Waals surface area contributed by atoms with E-state index in [9.17, 15) is 22.8 Å². The Labute approximate surface area is 140 Å². The summed E-state index contributed by atoms with van der Waals surface area (Å²) in [5.41, 5.74) is 0. The third-order valence-corrected chi connectivity index (χ3v) is 5.33. The van der Waals surface area contributed by atoms with Crippen molar-refractivity contribution in [2.24, 2.45) is 5.92 Å². The Morgan fingerprint density at radius 3 is 2.54 bits per heavy atom. The molecule has 132 valence electrons. The van der Waals surface area contributed by atoms with Gasteiger partial charge >= 0.3 is 6.18 Å². The molecule has 0 radical (unpaired) electrons. The van der Waals surface area contributed by atoms with Crippen LogP contribution >= 0.6 is 11.3 Å². The summed E-state index contributed by atoms with van der Waals surface area (Å²) in [5, 5.41) is 7.40. The monoisotopic (exact) mass is 362 g/mol. The van der Waals surface area contributed by atoms with E-state index in [2.05, 4.69) is 15.5 Å². The standard InChI is InChI=1S/C14H17F3N4O2S/c15-14(16,17)12-19-20-13(24-12)18-11(23)8-6-10(22)21(7-8)9-4-2-1-3-5-9/h8-9H,1-7H2,(H,18,20,23)/t8-/m1/s1. The lowest BCUT2D eigenvalue weighted by Gasteiger charge is -2.31. The van der Waals surface area contributed by atoms with Crippen molar-refractivity contribution in [3.8, 4) is 0 Å². The Morgan fingerprint density at radius 1 is 1.21 bits per heavy atom. The molecule has 0 spiro atoms. The van der Waals surface area contributed by atoms with Gasteiger partial charge in [-0.1, -0.05) is 30.6 Å². The number of hydrogen-bond donors (Lipinski definition) is 1. The van der Waals surface area contributed by atoms with Crippen molar-refractivity contribution in [2.45, 2.75) is 50.7 Å². The lowest BCUT2D eigenvalue weighted by Crippen LogP contribution is -2.38. The summed E-state index contributed by atoms with van der Waals surface area (Å²) in [4.78, 5) is 26.1. The molecule has 2 fully saturated rings. The van der Waals surface area contributed by atoms with Crippen LogP contribution in [0.5, 0.6) is 0 Å². The fourth-order valence-electron chi connectivity index (χ4n) is 3.25. The molecular weight excluding hydrogens is 345 g/mol. The maximum Gasteiger partial charge on any atom is 0.445 e. The number of amides is 2. The van der Waals surface area contributed by atoms with Crippen molar-refractivity contribution < 1.29 is 22.8 Å². The molecule has 1 saturated carbocycles. The molecule has 2 heterocycles. The van der Waals surface area contributed by atoms with Crippen molar-refractivity contribution in [1.82, 2.24) is 15.1 Å². The lowest BCUT2D eigenvalue weighted by atomic mass is 9.94. The summed E-state index contributed by atoms with van der Waals surface area (Å²) in [7, 11) is 0. The number of aromatic nitrogens is 2. The SMILES string of the molecule is O=C(Nc1nnc(C(F)(F)F)s1)[C@@H]1CC(=O)N(C2CCCCC2)C1. The maximum absolute atomic E-state index is 12.5. The highest BCUT2D eigenvalue weighted by molar-refractivity contribution is 7.15. The lowest BCUT2D eigenvalue weighted by molar-refractivity contribution is -0.138. The second kappa shape index (κ2) is 6.66. The molecule has 1 aromatic rings. The molecule has 6 nitrogen and oxygen atoms in total. The summed E-state index contributed by atoms with van der Waals surface area (Å²) in [6, 6.07) is 0.183. The molecule has 1 aliphatic carbocycles. The fraction of sp³-hybridized carbons (Fsp3) is 0.714. The molecule has 0 aromatic carbocycles. The number of anilines is 1. The van der Waals surface area contributed by atoms with Crippen molar-refractivity contribution in [3.63, 3.8) is 0 Å². The van der Waals surface area contributed by atoms with Crippen LogP contribution in [0.15, 0.2) is 0 Å². The van der Waals surface area contributed by atoms with E-state index in [0.717, 1.165) is 25.7 Å². The van der Waals surface area contributed by atoms with Gasteiger partial charge in [0.15, 0.2) is 0 Å². The van der Waals surface area contributed by atoms with E-state index in [4.69, 9.17) is 0 Å². The van der Waals surface area contributed by atoms with E-state index in [1.165, 1.54) is 6.42 Å². The first kappa shape index (κ1) is 17.1. The first-order valence-corrected chi connectivity index (χ1v) is 8.67. The molecule has 0 bridgehead atoms. The van der Waals surface area contributed by atoms with Crippen LogP contribution in [0.3, 0.4) is 0 Å². The molecule has 1 saturated heterocycles. The van der Waals surface area contributed by atoms with Crippen LogP contribution in [0.1, 0.15) is 43.5 Å². The van der Waals surface area contributed by atoms with Gasteiger partial charge in [0.25, 0.3) is 0 Å². The highest BCUT2D eigenvalue weighted by Crippen LogP contribution is 2.34. The minimum absolute atomic E-state index is 0.0599. The van der Waals surface area contributed by atoms with Gasteiger partial charge in [0.1, 0.15) is 0 Å². The van der Waals surface area contributed by atoms with Gasteiger partial charge in [-0.2, -0.15) is 13.2 Å². The molecule has 2 amide bonds. The van der Waals surface area contributed by atoms with Crippen LogP contribution in [0.2, 0.25) is 0 Å². The Hall–Kier alpha value is -1.71. The first-order chi connectivity index (χ1) is 11.3. The predicted molar refractivity (Wildman–Crippen MR) is 80.2 cm³/mol. The summed E-state index contributed by atoms with van der Waals surface area (Å²) < 4.78 is 37.5. The summed E-state index contributed by atoms with van der Waals surface area (Å²) in [6.45, 7) is 0.320. The van der Waals surface area contributed by atoms with E-state index in [1.54, 1.807) is 4.90 Å². The quantitative estimate of drug-likeness (QED) is 0.897. The van der Waals surface area contributed by atoms with Gasteiger partial charge in [-0.15, -0.1) is 10.2 Å². The van der Waals surface area contributed by atoms with Crippen molar-refractivity contribution in [1.29, 1.82) is 0 Å². The van der Waals surface area contributed by atoms with Crippen LogP contribution in [0, 0.1) is 5.92 Å². The third kappa shape index (κ3) is 3.68. The summed E-state index contributed by atoms with van der Waals surface area (Å²) in [5.74, 6) is -1.10. The number of halogens is 3. The molecular formula is C14H17F3N4O2S. The zero-order chi connectivity index (χ0) is 17.3. The van der Waals surface area contributed by atoms with Gasteiger partial charge in [0.2, 0.25) is 22.0 Å². The highest BCUT2D eigenvalue weighted by atomic mass is 32.1. The molecule has 2 aliphatic rings. The van der Waals surface area contributed by atoms with Gasteiger partial charge in [0, 0.05) is 19.0 Å². The van der Waals surface area contributed by atoms with Crippen LogP contribution in [-0.2, 0) is 15.8 Å². The number of likely N-dealkylation sites (tertiary alicyclic amines) is 1. The van der Waals surface area contributed by atoms with E-state index < -0.39 is 23.0 Å². The largest absolute Gasteiger partial charge is 0.445 e. The van der Waals surface area contributed by atoms with Gasteiger partial charge in [0.05, 0.1) is 5.92 Å².